The van der Waals surface area contributed by atoms with Crippen molar-refractivity contribution in [1.29, 1.82) is 0 Å². The van der Waals surface area contributed by atoms with Gasteiger partial charge in [-0.2, -0.15) is 0 Å². The van der Waals surface area contributed by atoms with Crippen molar-refractivity contribution in [2.24, 2.45) is 5.92 Å². The summed E-state index contributed by atoms with van der Waals surface area (Å²) in [5.74, 6) is 1.15. The van der Waals surface area contributed by atoms with Crippen LogP contribution in [0.4, 0.5) is 11.4 Å². The standard InChI is InChI=1S/C16H26N2O3/c1-11(2)9-12(3)21-8-7-16(19)18-15-6-5-13(20-4)10-14(15)17/h5-6,10-12H,7-9,17H2,1-4H3,(H,18,19). The lowest BCUT2D eigenvalue weighted by atomic mass is 10.1. The van der Waals surface area contributed by atoms with Crippen LogP contribution in [0, 0.1) is 5.92 Å². The van der Waals surface area contributed by atoms with Crippen LogP contribution in [0.25, 0.3) is 0 Å². The van der Waals surface area contributed by atoms with Crippen molar-refractivity contribution < 1.29 is 14.3 Å². The van der Waals surface area contributed by atoms with Crippen LogP contribution in [-0.2, 0) is 9.53 Å². The number of methoxy groups -OCH3 is 1. The molecule has 118 valence electrons. The maximum Gasteiger partial charge on any atom is 0.226 e. The second-order valence-electron chi connectivity index (χ2n) is 5.56. The quantitative estimate of drug-likeness (QED) is 0.723. The molecule has 0 radical (unpaired) electrons. The Morgan fingerprint density at radius 1 is 1.33 bits per heavy atom. The SMILES string of the molecule is COc1ccc(NC(=O)CCOC(C)CC(C)C)c(N)c1. The first-order valence-electron chi connectivity index (χ1n) is 7.27. The Kier molecular flexibility index (Phi) is 7.02. The lowest BCUT2D eigenvalue weighted by Crippen LogP contribution is -2.18. The van der Waals surface area contributed by atoms with E-state index in [0.29, 0.717) is 36.1 Å². The molecule has 0 bridgehead atoms. The van der Waals surface area contributed by atoms with Gasteiger partial charge in [0.1, 0.15) is 5.75 Å². The number of nitrogen functional groups attached to an aromatic ring is 1. The Hall–Kier alpha value is -1.75. The number of anilines is 2. The second kappa shape index (κ2) is 8.52. The van der Waals surface area contributed by atoms with Gasteiger partial charge >= 0.3 is 0 Å². The molecule has 1 amide bonds. The van der Waals surface area contributed by atoms with Crippen LogP contribution in [0.5, 0.6) is 5.75 Å². The fourth-order valence-corrected chi connectivity index (χ4v) is 2.08. The van der Waals surface area contributed by atoms with Crippen LogP contribution < -0.4 is 15.8 Å². The average Bonchev–Trinajstić information content (AvgIpc) is 2.40. The Bertz CT molecular complexity index is 461. The molecule has 21 heavy (non-hydrogen) atoms. The van der Waals surface area contributed by atoms with Gasteiger partial charge < -0.3 is 20.5 Å². The number of hydrogen-bond donors (Lipinski definition) is 2. The molecule has 1 aromatic carbocycles. The van der Waals surface area contributed by atoms with Crippen LogP contribution in [0.2, 0.25) is 0 Å². The van der Waals surface area contributed by atoms with E-state index < -0.39 is 0 Å². The molecule has 0 heterocycles. The first-order valence-corrected chi connectivity index (χ1v) is 7.27. The van der Waals surface area contributed by atoms with Crippen molar-refractivity contribution >= 4 is 17.3 Å². The van der Waals surface area contributed by atoms with E-state index >= 15 is 0 Å². The van der Waals surface area contributed by atoms with Crippen LogP contribution in [0.15, 0.2) is 18.2 Å². The lowest BCUT2D eigenvalue weighted by Gasteiger charge is -2.15. The van der Waals surface area contributed by atoms with E-state index in [1.54, 1.807) is 25.3 Å². The maximum absolute atomic E-state index is 11.8. The average molecular weight is 294 g/mol. The zero-order chi connectivity index (χ0) is 15.8. The van der Waals surface area contributed by atoms with Crippen LogP contribution in [0.1, 0.15) is 33.6 Å². The van der Waals surface area contributed by atoms with Gasteiger partial charge in [-0.25, -0.2) is 0 Å². The van der Waals surface area contributed by atoms with E-state index in [4.69, 9.17) is 15.2 Å². The number of carbonyl (C=O) groups is 1. The number of carbonyl (C=O) groups excluding carboxylic acids is 1. The van der Waals surface area contributed by atoms with Crippen LogP contribution in [-0.4, -0.2) is 25.7 Å². The minimum absolute atomic E-state index is 0.108. The zero-order valence-corrected chi connectivity index (χ0v) is 13.3. The third kappa shape index (κ3) is 6.49. The van der Waals surface area contributed by atoms with Gasteiger partial charge in [0.05, 0.1) is 37.6 Å². The molecule has 0 fully saturated rings. The highest BCUT2D eigenvalue weighted by Crippen LogP contribution is 2.24. The number of nitrogens with one attached hydrogen (secondary N) is 1. The summed E-state index contributed by atoms with van der Waals surface area (Å²) in [4.78, 5) is 11.8. The van der Waals surface area contributed by atoms with Gasteiger partial charge in [0.25, 0.3) is 0 Å². The van der Waals surface area contributed by atoms with Crippen molar-refractivity contribution in [2.45, 2.75) is 39.7 Å². The molecule has 5 heteroatoms. The molecule has 0 aliphatic rings. The van der Waals surface area contributed by atoms with Crippen molar-refractivity contribution in [3.8, 4) is 5.75 Å². The molecule has 1 unspecified atom stereocenters. The number of ether oxygens (including phenoxy) is 2. The molecule has 0 spiro atoms. The predicted octanol–water partition coefficient (Wildman–Crippen LogP) is 3.06. The molecule has 0 saturated carbocycles. The maximum atomic E-state index is 11.8. The molecule has 0 saturated heterocycles. The molecule has 3 N–H and O–H groups in total. The van der Waals surface area contributed by atoms with Crippen molar-refractivity contribution in [2.75, 3.05) is 24.8 Å². The lowest BCUT2D eigenvalue weighted by molar-refractivity contribution is -0.117. The largest absolute Gasteiger partial charge is 0.497 e. The normalized spacial score (nSPS) is 12.2. The van der Waals surface area contributed by atoms with E-state index in [1.165, 1.54) is 0 Å². The summed E-state index contributed by atoms with van der Waals surface area (Å²) in [7, 11) is 1.57. The molecule has 1 aromatic rings. The zero-order valence-electron chi connectivity index (χ0n) is 13.3. The minimum atomic E-state index is -0.108. The van der Waals surface area contributed by atoms with Gasteiger partial charge in [-0.15, -0.1) is 0 Å². The van der Waals surface area contributed by atoms with E-state index in [1.807, 2.05) is 6.92 Å². The number of nitrogens with two attached hydrogens (primary N) is 1. The van der Waals surface area contributed by atoms with Crippen LogP contribution >= 0.6 is 0 Å². The molecule has 5 nitrogen and oxygen atoms in total. The van der Waals surface area contributed by atoms with Crippen LogP contribution in [0.3, 0.4) is 0 Å². The smallest absolute Gasteiger partial charge is 0.226 e. The number of amides is 1. The third-order valence-electron chi connectivity index (χ3n) is 3.07. The van der Waals surface area contributed by atoms with E-state index in [-0.39, 0.29) is 12.0 Å². The highest BCUT2D eigenvalue weighted by Gasteiger charge is 2.09. The van der Waals surface area contributed by atoms with E-state index in [0.717, 1.165) is 6.42 Å². The summed E-state index contributed by atoms with van der Waals surface area (Å²) >= 11 is 0. The molecule has 1 atom stereocenters. The van der Waals surface area contributed by atoms with Gasteiger partial charge in [0.15, 0.2) is 0 Å². The first-order chi connectivity index (χ1) is 9.92. The fourth-order valence-electron chi connectivity index (χ4n) is 2.08. The summed E-state index contributed by atoms with van der Waals surface area (Å²) in [5.41, 5.74) is 6.93. The molecule has 1 rings (SSSR count). The number of benzene rings is 1. The Labute approximate surface area is 126 Å². The Balaban J connectivity index is 2.37. The molecular weight excluding hydrogens is 268 g/mol. The van der Waals surface area contributed by atoms with Crippen molar-refractivity contribution in [3.63, 3.8) is 0 Å². The monoisotopic (exact) mass is 294 g/mol. The molecule has 0 aromatic heterocycles. The summed E-state index contributed by atoms with van der Waals surface area (Å²) in [6.07, 6.45) is 1.48. The summed E-state index contributed by atoms with van der Waals surface area (Å²) in [6.45, 7) is 6.74. The number of rotatable bonds is 8. The summed E-state index contributed by atoms with van der Waals surface area (Å²) < 4.78 is 10.7. The summed E-state index contributed by atoms with van der Waals surface area (Å²) in [5, 5.41) is 2.78. The topological polar surface area (TPSA) is 73.6 Å². The second-order valence-corrected chi connectivity index (χ2v) is 5.56. The van der Waals surface area contributed by atoms with Gasteiger partial charge in [-0.1, -0.05) is 13.8 Å². The third-order valence-corrected chi connectivity index (χ3v) is 3.07. The highest BCUT2D eigenvalue weighted by atomic mass is 16.5. The van der Waals surface area contributed by atoms with Gasteiger partial charge in [-0.3, -0.25) is 4.79 Å². The van der Waals surface area contributed by atoms with Gasteiger partial charge in [0, 0.05) is 6.07 Å². The van der Waals surface area contributed by atoms with Gasteiger partial charge in [-0.05, 0) is 31.4 Å². The number of hydrogen-bond acceptors (Lipinski definition) is 4. The summed E-state index contributed by atoms with van der Waals surface area (Å²) in [6, 6.07) is 5.16. The predicted molar refractivity (Wildman–Crippen MR) is 85.5 cm³/mol. The van der Waals surface area contributed by atoms with E-state index in [9.17, 15) is 4.79 Å². The molecule has 0 aliphatic carbocycles. The Morgan fingerprint density at radius 3 is 2.62 bits per heavy atom. The Morgan fingerprint density at radius 2 is 2.05 bits per heavy atom. The highest BCUT2D eigenvalue weighted by molar-refractivity contribution is 5.94. The molecule has 0 aliphatic heterocycles. The first kappa shape index (κ1) is 17.3. The fraction of sp³-hybridized carbons (Fsp3) is 0.562. The molecular formula is C16H26N2O3. The van der Waals surface area contributed by atoms with Gasteiger partial charge in [0.2, 0.25) is 5.91 Å². The van der Waals surface area contributed by atoms with E-state index in [2.05, 4.69) is 19.2 Å². The van der Waals surface area contributed by atoms with Crippen molar-refractivity contribution in [3.05, 3.63) is 18.2 Å². The van der Waals surface area contributed by atoms with Crippen molar-refractivity contribution in [1.82, 2.24) is 0 Å². The minimum Gasteiger partial charge on any atom is -0.497 e.